The predicted molar refractivity (Wildman–Crippen MR) is 97.1 cm³/mol. The molecule has 0 fully saturated rings. The number of anilines is 1. The summed E-state index contributed by atoms with van der Waals surface area (Å²) in [5.74, 6) is 0.612. The molecule has 6 nitrogen and oxygen atoms in total. The van der Waals surface area contributed by atoms with Crippen LogP contribution in [-0.4, -0.2) is 31.5 Å². The Labute approximate surface area is 144 Å². The fourth-order valence-corrected chi connectivity index (χ4v) is 2.75. The van der Waals surface area contributed by atoms with Gasteiger partial charge in [0, 0.05) is 48.0 Å². The van der Waals surface area contributed by atoms with E-state index in [9.17, 15) is 0 Å². The molecule has 0 amide bonds. The first-order valence-corrected chi connectivity index (χ1v) is 7.96. The van der Waals surface area contributed by atoms with Crippen molar-refractivity contribution in [2.75, 3.05) is 12.4 Å². The summed E-state index contributed by atoms with van der Waals surface area (Å²) in [6, 6.07) is 12.1. The second kappa shape index (κ2) is 6.33. The van der Waals surface area contributed by atoms with Gasteiger partial charge in [0.15, 0.2) is 5.82 Å². The van der Waals surface area contributed by atoms with Crippen molar-refractivity contribution in [3.8, 4) is 22.6 Å². The summed E-state index contributed by atoms with van der Waals surface area (Å²) >= 11 is 0. The molecule has 0 atom stereocenters. The Morgan fingerprint density at radius 1 is 1.00 bits per heavy atom. The molecule has 25 heavy (non-hydrogen) atoms. The number of nitrogens with zero attached hydrogens (tertiary/aromatic N) is 4. The number of hydrogen-bond donors (Lipinski definition) is 2. The molecule has 0 radical (unpaired) electrons. The van der Waals surface area contributed by atoms with Gasteiger partial charge < -0.3 is 10.4 Å². The van der Waals surface area contributed by atoms with Crippen LogP contribution in [0.2, 0.25) is 0 Å². The normalized spacial score (nSPS) is 11.0. The van der Waals surface area contributed by atoms with Gasteiger partial charge in [-0.3, -0.25) is 4.40 Å². The molecule has 6 heteroatoms. The summed E-state index contributed by atoms with van der Waals surface area (Å²) in [5.41, 5.74) is 5.58. The van der Waals surface area contributed by atoms with E-state index in [0.29, 0.717) is 11.4 Å². The van der Waals surface area contributed by atoms with E-state index in [1.807, 2.05) is 48.1 Å². The number of nitrogens with one attached hydrogen (secondary N) is 1. The maximum atomic E-state index is 9.09. The third-order valence-electron chi connectivity index (χ3n) is 4.11. The van der Waals surface area contributed by atoms with Gasteiger partial charge in [-0.05, 0) is 24.3 Å². The van der Waals surface area contributed by atoms with E-state index < -0.39 is 0 Å². The molecule has 2 N–H and O–H groups in total. The van der Waals surface area contributed by atoms with Crippen molar-refractivity contribution in [1.29, 1.82) is 0 Å². The largest absolute Gasteiger partial charge is 0.392 e. The number of aliphatic hydroxyl groups is 1. The number of rotatable bonds is 4. The molecule has 3 heterocycles. The Balaban J connectivity index is 1.75. The van der Waals surface area contributed by atoms with Crippen molar-refractivity contribution in [1.82, 2.24) is 19.4 Å². The molecule has 0 unspecified atom stereocenters. The summed E-state index contributed by atoms with van der Waals surface area (Å²) in [4.78, 5) is 13.1. The minimum Gasteiger partial charge on any atom is -0.392 e. The molecular weight excluding hydrogens is 314 g/mol. The van der Waals surface area contributed by atoms with Crippen molar-refractivity contribution in [2.24, 2.45) is 0 Å². The zero-order chi connectivity index (χ0) is 17.2. The molecule has 0 aliphatic carbocycles. The smallest absolute Gasteiger partial charge is 0.159 e. The van der Waals surface area contributed by atoms with E-state index in [1.165, 1.54) is 0 Å². The number of pyridine rings is 1. The first-order valence-electron chi connectivity index (χ1n) is 7.96. The van der Waals surface area contributed by atoms with Gasteiger partial charge in [-0.1, -0.05) is 12.1 Å². The van der Waals surface area contributed by atoms with Crippen LogP contribution >= 0.6 is 0 Å². The third-order valence-corrected chi connectivity index (χ3v) is 4.11. The van der Waals surface area contributed by atoms with Gasteiger partial charge in [-0.15, -0.1) is 0 Å². The van der Waals surface area contributed by atoms with Gasteiger partial charge >= 0.3 is 0 Å². The first kappa shape index (κ1) is 15.3. The van der Waals surface area contributed by atoms with E-state index in [4.69, 9.17) is 5.11 Å². The lowest BCUT2D eigenvalue weighted by molar-refractivity contribution is 0.281. The average Bonchev–Trinajstić information content (AvgIpc) is 3.11. The molecule has 0 aliphatic heterocycles. The van der Waals surface area contributed by atoms with Crippen molar-refractivity contribution in [2.45, 2.75) is 6.61 Å². The molecule has 1 aromatic carbocycles. The second-order valence-corrected chi connectivity index (χ2v) is 5.69. The molecule has 124 valence electrons. The van der Waals surface area contributed by atoms with E-state index in [-0.39, 0.29) is 6.61 Å². The average molecular weight is 331 g/mol. The monoisotopic (exact) mass is 331 g/mol. The van der Waals surface area contributed by atoms with Crippen LogP contribution in [0.25, 0.3) is 28.3 Å². The van der Waals surface area contributed by atoms with Gasteiger partial charge in [-0.25, -0.2) is 15.0 Å². The van der Waals surface area contributed by atoms with Crippen LogP contribution in [0, 0.1) is 0 Å². The Bertz CT molecular complexity index is 1020. The van der Waals surface area contributed by atoms with Gasteiger partial charge in [0.1, 0.15) is 5.65 Å². The minimum absolute atomic E-state index is 0.0609. The van der Waals surface area contributed by atoms with Gasteiger partial charge in [0.05, 0.1) is 18.5 Å². The van der Waals surface area contributed by atoms with E-state index in [1.54, 1.807) is 12.4 Å². The molecule has 0 saturated carbocycles. The van der Waals surface area contributed by atoms with Crippen molar-refractivity contribution >= 4 is 11.3 Å². The van der Waals surface area contributed by atoms with Crippen LogP contribution in [0.1, 0.15) is 5.56 Å². The highest BCUT2D eigenvalue weighted by atomic mass is 16.3. The third kappa shape index (κ3) is 2.83. The van der Waals surface area contributed by atoms with Crippen LogP contribution < -0.4 is 5.32 Å². The lowest BCUT2D eigenvalue weighted by Gasteiger charge is -2.06. The summed E-state index contributed by atoms with van der Waals surface area (Å²) in [5, 5.41) is 12.2. The Hall–Kier alpha value is -3.25. The summed E-state index contributed by atoms with van der Waals surface area (Å²) in [6.45, 7) is -0.0609. The highest BCUT2D eigenvalue weighted by molar-refractivity contribution is 5.70. The fourth-order valence-electron chi connectivity index (χ4n) is 2.75. The molecule has 0 aliphatic rings. The number of hydrogen-bond acceptors (Lipinski definition) is 5. The SMILES string of the molecule is CNc1cccc(-c2cnc3cc(-c4ncc(CO)cn4)ccn23)c1. The predicted octanol–water partition coefficient (Wildman–Crippen LogP) is 2.99. The second-order valence-electron chi connectivity index (χ2n) is 5.69. The standard InChI is InChI=1S/C19H17N5O/c1-20-16-4-2-3-14(7-16)17-11-21-18-8-15(5-6-24(17)18)19-22-9-13(12-25)10-23-19/h2-11,20,25H,12H2,1H3. The Kier molecular flexibility index (Phi) is 3.87. The number of aliphatic hydroxyl groups excluding tert-OH is 1. The molecule has 3 aromatic heterocycles. The van der Waals surface area contributed by atoms with Crippen LogP contribution in [-0.2, 0) is 6.61 Å². The maximum absolute atomic E-state index is 9.09. The quantitative estimate of drug-likeness (QED) is 0.601. The summed E-state index contributed by atoms with van der Waals surface area (Å²) in [6.07, 6.45) is 7.10. The summed E-state index contributed by atoms with van der Waals surface area (Å²) < 4.78 is 2.04. The highest BCUT2D eigenvalue weighted by Crippen LogP contribution is 2.25. The van der Waals surface area contributed by atoms with Gasteiger partial charge in [0.25, 0.3) is 0 Å². The number of fused-ring (bicyclic) bond motifs is 1. The van der Waals surface area contributed by atoms with Crippen LogP contribution in [0.3, 0.4) is 0 Å². The number of aromatic nitrogens is 4. The Morgan fingerprint density at radius 3 is 2.60 bits per heavy atom. The molecule has 0 spiro atoms. The Morgan fingerprint density at radius 2 is 1.84 bits per heavy atom. The topological polar surface area (TPSA) is 75.3 Å². The highest BCUT2D eigenvalue weighted by Gasteiger charge is 2.09. The van der Waals surface area contributed by atoms with Crippen molar-refractivity contribution in [3.05, 3.63) is 66.7 Å². The van der Waals surface area contributed by atoms with Crippen LogP contribution in [0.4, 0.5) is 5.69 Å². The molecule has 0 saturated heterocycles. The maximum Gasteiger partial charge on any atom is 0.159 e. The zero-order valence-corrected chi connectivity index (χ0v) is 13.7. The number of benzene rings is 1. The fraction of sp³-hybridized carbons (Fsp3) is 0.105. The lowest BCUT2D eigenvalue weighted by Crippen LogP contribution is -1.94. The zero-order valence-electron chi connectivity index (χ0n) is 13.7. The van der Waals surface area contributed by atoms with Crippen molar-refractivity contribution in [3.63, 3.8) is 0 Å². The molecule has 4 rings (SSSR count). The van der Waals surface area contributed by atoms with Crippen LogP contribution in [0.5, 0.6) is 0 Å². The van der Waals surface area contributed by atoms with Gasteiger partial charge in [0.2, 0.25) is 0 Å². The van der Waals surface area contributed by atoms with E-state index >= 15 is 0 Å². The van der Waals surface area contributed by atoms with Gasteiger partial charge in [-0.2, -0.15) is 0 Å². The molecular formula is C19H17N5O. The van der Waals surface area contributed by atoms with E-state index in [0.717, 1.165) is 28.2 Å². The minimum atomic E-state index is -0.0609. The van der Waals surface area contributed by atoms with E-state index in [2.05, 4.69) is 32.4 Å². The van der Waals surface area contributed by atoms with Crippen molar-refractivity contribution < 1.29 is 5.11 Å². The first-order chi connectivity index (χ1) is 12.3. The molecule has 4 aromatic rings. The molecule has 0 bridgehead atoms. The lowest BCUT2D eigenvalue weighted by atomic mass is 10.1. The summed E-state index contributed by atoms with van der Waals surface area (Å²) in [7, 11) is 1.90. The van der Waals surface area contributed by atoms with Crippen LogP contribution in [0.15, 0.2) is 61.2 Å². The number of imidazole rings is 1.